The van der Waals surface area contributed by atoms with Gasteiger partial charge in [-0.3, -0.25) is 4.79 Å². The quantitative estimate of drug-likeness (QED) is 0.445. The maximum atomic E-state index is 11.2. The van der Waals surface area contributed by atoms with Gasteiger partial charge in [-0.25, -0.2) is 0 Å². The van der Waals surface area contributed by atoms with E-state index in [-0.39, 0.29) is 0 Å². The summed E-state index contributed by atoms with van der Waals surface area (Å²) in [5, 5.41) is 9.20. The Bertz CT molecular complexity index is 227. The molecule has 5 heteroatoms. The van der Waals surface area contributed by atoms with Crippen LogP contribution in [0.3, 0.4) is 0 Å². The van der Waals surface area contributed by atoms with E-state index in [4.69, 9.17) is 13.6 Å². The molecule has 98 valence electrons. The van der Waals surface area contributed by atoms with Crippen molar-refractivity contribution in [2.24, 2.45) is 5.73 Å². The van der Waals surface area contributed by atoms with E-state index in [2.05, 4.69) is 11.8 Å². The maximum absolute atomic E-state index is 11.2. The van der Waals surface area contributed by atoms with Crippen molar-refractivity contribution in [3.8, 4) is 0 Å². The minimum absolute atomic E-state index is 0.489. The Labute approximate surface area is 106 Å². The summed E-state index contributed by atoms with van der Waals surface area (Å²) >= 11 is 0. The monoisotopic (exact) mass is 240 g/mol. The first kappa shape index (κ1) is 16.5. The van der Waals surface area contributed by atoms with E-state index >= 15 is 0 Å². The average molecular weight is 240 g/mol. The van der Waals surface area contributed by atoms with Crippen LogP contribution >= 0.6 is 0 Å². The SMILES string of the molecule is [B]CCCC[C@@](N)(CCN(C)CCC)C(=O)O. The van der Waals surface area contributed by atoms with Gasteiger partial charge in [0, 0.05) is 6.54 Å². The molecule has 0 saturated carbocycles. The Morgan fingerprint density at radius 3 is 2.47 bits per heavy atom. The summed E-state index contributed by atoms with van der Waals surface area (Å²) in [5.74, 6) is -0.903. The Morgan fingerprint density at radius 2 is 2.00 bits per heavy atom. The number of carbonyl (C=O) groups is 1. The molecule has 0 bridgehead atoms. The number of carboxylic acid groups (broad SMARTS) is 1. The molecule has 0 aliphatic carbocycles. The molecule has 0 spiro atoms. The molecular formula is C12H25BN2O2. The standard InChI is InChI=1S/C12H25BN2O2/c1-3-9-15(2)10-7-12(14,11(16)17)6-4-5-8-13/h3-10,14H2,1-2H3,(H,16,17)/t12-/m1/s1. The molecule has 3 N–H and O–H groups in total. The molecule has 0 unspecified atom stereocenters. The van der Waals surface area contributed by atoms with Crippen LogP contribution in [0.5, 0.6) is 0 Å². The molecule has 0 aliphatic rings. The number of nitrogens with zero attached hydrogens (tertiary/aromatic N) is 1. The summed E-state index contributed by atoms with van der Waals surface area (Å²) in [5.41, 5.74) is 4.86. The van der Waals surface area contributed by atoms with Gasteiger partial charge >= 0.3 is 5.97 Å². The third kappa shape index (κ3) is 6.69. The van der Waals surface area contributed by atoms with Crippen molar-refractivity contribution in [3.63, 3.8) is 0 Å². The summed E-state index contributed by atoms with van der Waals surface area (Å²) in [4.78, 5) is 13.3. The van der Waals surface area contributed by atoms with E-state index in [0.717, 1.165) is 32.4 Å². The number of carboxylic acids is 1. The molecule has 0 aromatic rings. The van der Waals surface area contributed by atoms with E-state index in [1.165, 1.54) is 0 Å². The number of unbranched alkanes of at least 4 members (excludes halogenated alkanes) is 1. The molecule has 4 nitrogen and oxygen atoms in total. The number of hydrogen-bond donors (Lipinski definition) is 2. The van der Waals surface area contributed by atoms with Crippen LogP contribution in [0.1, 0.15) is 39.0 Å². The second kappa shape index (κ2) is 8.53. The average Bonchev–Trinajstić information content (AvgIpc) is 2.27. The zero-order chi connectivity index (χ0) is 13.3. The first-order valence-corrected chi connectivity index (χ1v) is 6.37. The lowest BCUT2D eigenvalue weighted by Gasteiger charge is -2.27. The Kier molecular flexibility index (Phi) is 8.26. The molecule has 0 saturated heterocycles. The third-order valence-corrected chi connectivity index (χ3v) is 3.05. The smallest absolute Gasteiger partial charge is 0.323 e. The first-order chi connectivity index (χ1) is 7.96. The summed E-state index contributed by atoms with van der Waals surface area (Å²) in [6.45, 7) is 3.79. The van der Waals surface area contributed by atoms with E-state index in [1.807, 2.05) is 7.05 Å². The molecule has 0 rings (SSSR count). The van der Waals surface area contributed by atoms with Crippen LogP contribution in [-0.2, 0) is 4.79 Å². The topological polar surface area (TPSA) is 66.6 Å². The summed E-state index contributed by atoms with van der Waals surface area (Å²) in [6, 6.07) is 0. The van der Waals surface area contributed by atoms with E-state index < -0.39 is 11.5 Å². The molecule has 17 heavy (non-hydrogen) atoms. The van der Waals surface area contributed by atoms with Crippen molar-refractivity contribution in [1.82, 2.24) is 4.90 Å². The minimum atomic E-state index is -1.10. The first-order valence-electron chi connectivity index (χ1n) is 6.37. The molecule has 0 aromatic carbocycles. The highest BCUT2D eigenvalue weighted by molar-refractivity contribution is 6.08. The van der Waals surface area contributed by atoms with Gasteiger partial charge < -0.3 is 15.7 Å². The Morgan fingerprint density at radius 1 is 1.35 bits per heavy atom. The van der Waals surface area contributed by atoms with Crippen LogP contribution in [0.4, 0.5) is 0 Å². The van der Waals surface area contributed by atoms with Crippen LogP contribution in [-0.4, -0.2) is 49.5 Å². The molecule has 0 fully saturated rings. The second-order valence-corrected chi connectivity index (χ2v) is 4.76. The van der Waals surface area contributed by atoms with Gasteiger partial charge in [0.2, 0.25) is 0 Å². The minimum Gasteiger partial charge on any atom is -0.480 e. The normalized spacial score (nSPS) is 14.8. The second-order valence-electron chi connectivity index (χ2n) is 4.76. The molecule has 1 atom stereocenters. The van der Waals surface area contributed by atoms with Crippen LogP contribution in [0.15, 0.2) is 0 Å². The van der Waals surface area contributed by atoms with Crippen molar-refractivity contribution < 1.29 is 9.90 Å². The van der Waals surface area contributed by atoms with Gasteiger partial charge in [-0.05, 0) is 32.9 Å². The summed E-state index contributed by atoms with van der Waals surface area (Å²) < 4.78 is 0. The summed E-state index contributed by atoms with van der Waals surface area (Å²) in [7, 11) is 7.39. The van der Waals surface area contributed by atoms with Crippen molar-refractivity contribution in [1.29, 1.82) is 0 Å². The fourth-order valence-corrected chi connectivity index (χ4v) is 1.81. The predicted molar refractivity (Wildman–Crippen MR) is 71.4 cm³/mol. The fraction of sp³-hybridized carbons (Fsp3) is 0.917. The lowest BCUT2D eigenvalue weighted by molar-refractivity contribution is -0.144. The molecular weight excluding hydrogens is 215 g/mol. The van der Waals surface area contributed by atoms with Gasteiger partial charge in [-0.2, -0.15) is 0 Å². The third-order valence-electron chi connectivity index (χ3n) is 3.05. The molecule has 0 aromatic heterocycles. The van der Waals surface area contributed by atoms with Gasteiger partial charge in [0.25, 0.3) is 0 Å². The van der Waals surface area contributed by atoms with Gasteiger partial charge in [0.1, 0.15) is 5.54 Å². The van der Waals surface area contributed by atoms with E-state index in [9.17, 15) is 9.90 Å². The van der Waals surface area contributed by atoms with Gasteiger partial charge in [-0.15, -0.1) is 0 Å². The number of hydrogen-bond acceptors (Lipinski definition) is 3. The molecule has 0 amide bonds. The van der Waals surface area contributed by atoms with Crippen LogP contribution in [0.2, 0.25) is 6.32 Å². The molecule has 0 aliphatic heterocycles. The highest BCUT2D eigenvalue weighted by atomic mass is 16.4. The van der Waals surface area contributed by atoms with Crippen LogP contribution < -0.4 is 5.73 Å². The van der Waals surface area contributed by atoms with Gasteiger partial charge in [0.05, 0.1) is 7.85 Å². The van der Waals surface area contributed by atoms with Crippen molar-refractivity contribution in [2.75, 3.05) is 20.1 Å². The predicted octanol–water partition coefficient (Wildman–Crippen LogP) is 1.26. The number of rotatable bonds is 10. The lowest BCUT2D eigenvalue weighted by Crippen LogP contribution is -2.49. The van der Waals surface area contributed by atoms with Crippen LogP contribution in [0, 0.1) is 0 Å². The molecule has 0 heterocycles. The van der Waals surface area contributed by atoms with Gasteiger partial charge in [0.15, 0.2) is 0 Å². The van der Waals surface area contributed by atoms with Crippen molar-refractivity contribution in [2.45, 2.75) is 50.9 Å². The van der Waals surface area contributed by atoms with Crippen molar-refractivity contribution >= 4 is 13.8 Å². The van der Waals surface area contributed by atoms with Gasteiger partial charge in [-0.1, -0.05) is 26.1 Å². The fourth-order valence-electron chi connectivity index (χ4n) is 1.81. The number of nitrogens with two attached hydrogens (primary N) is 1. The van der Waals surface area contributed by atoms with Crippen molar-refractivity contribution in [3.05, 3.63) is 0 Å². The van der Waals surface area contributed by atoms with Crippen LogP contribution in [0.25, 0.3) is 0 Å². The Hall–Kier alpha value is -0.545. The highest BCUT2D eigenvalue weighted by Crippen LogP contribution is 2.17. The largest absolute Gasteiger partial charge is 0.480 e. The Balaban J connectivity index is 4.16. The summed E-state index contributed by atoms with van der Waals surface area (Å²) in [6.07, 6.45) is 4.25. The zero-order valence-corrected chi connectivity index (χ0v) is 11.1. The van der Waals surface area contributed by atoms with E-state index in [0.29, 0.717) is 19.2 Å². The molecule has 2 radical (unpaired) electrons. The highest BCUT2D eigenvalue weighted by Gasteiger charge is 2.32. The number of aliphatic carboxylic acids is 1. The lowest BCUT2D eigenvalue weighted by atomic mass is 9.88. The zero-order valence-electron chi connectivity index (χ0n) is 11.1. The van der Waals surface area contributed by atoms with E-state index in [1.54, 1.807) is 0 Å². The maximum Gasteiger partial charge on any atom is 0.323 e.